The van der Waals surface area contributed by atoms with Crippen LogP contribution in [-0.2, 0) is 9.53 Å². The summed E-state index contributed by atoms with van der Waals surface area (Å²) in [6, 6.07) is 0.371. The van der Waals surface area contributed by atoms with Gasteiger partial charge in [-0.25, -0.2) is 0 Å². The van der Waals surface area contributed by atoms with Crippen LogP contribution < -0.4 is 5.32 Å². The molecule has 0 saturated carbocycles. The molecule has 0 spiro atoms. The number of piperazine rings is 1. The SMILES string of the molecule is CCCN1CCN(C(C)CC(C)(NC)C(=O)OC)CC1. The fraction of sp³-hybridized carbons (Fsp3) is 0.933. The van der Waals surface area contributed by atoms with Crippen molar-refractivity contribution in [1.29, 1.82) is 0 Å². The Morgan fingerprint density at radius 3 is 2.40 bits per heavy atom. The highest BCUT2D eigenvalue weighted by molar-refractivity contribution is 5.80. The molecule has 20 heavy (non-hydrogen) atoms. The lowest BCUT2D eigenvalue weighted by atomic mass is 9.93. The number of nitrogens with zero attached hydrogens (tertiary/aromatic N) is 2. The molecule has 1 fully saturated rings. The summed E-state index contributed by atoms with van der Waals surface area (Å²) >= 11 is 0. The standard InChI is InChI=1S/C15H31N3O2/c1-6-7-17-8-10-18(11-9-17)13(2)12-15(3,16-4)14(19)20-5/h13,16H,6-12H2,1-5H3. The van der Waals surface area contributed by atoms with Crippen LogP contribution in [0.1, 0.15) is 33.6 Å². The maximum absolute atomic E-state index is 11.9. The Kier molecular flexibility index (Phi) is 6.92. The number of nitrogens with one attached hydrogen (secondary N) is 1. The van der Waals surface area contributed by atoms with Crippen molar-refractivity contribution in [3.63, 3.8) is 0 Å². The summed E-state index contributed by atoms with van der Waals surface area (Å²) < 4.78 is 4.92. The second kappa shape index (κ2) is 7.96. The molecule has 0 aliphatic carbocycles. The van der Waals surface area contributed by atoms with Crippen molar-refractivity contribution in [2.75, 3.05) is 46.9 Å². The first kappa shape index (κ1) is 17.4. The molecule has 1 aliphatic heterocycles. The van der Waals surface area contributed by atoms with E-state index < -0.39 is 5.54 Å². The highest BCUT2D eigenvalue weighted by atomic mass is 16.5. The first-order valence-electron chi connectivity index (χ1n) is 7.70. The smallest absolute Gasteiger partial charge is 0.325 e. The first-order valence-corrected chi connectivity index (χ1v) is 7.70. The molecule has 1 N–H and O–H groups in total. The van der Waals surface area contributed by atoms with Gasteiger partial charge in [-0.1, -0.05) is 6.92 Å². The van der Waals surface area contributed by atoms with Crippen LogP contribution in [0, 0.1) is 0 Å². The van der Waals surface area contributed by atoms with Crippen LogP contribution in [-0.4, -0.2) is 74.2 Å². The predicted octanol–water partition coefficient (Wildman–Crippen LogP) is 0.944. The summed E-state index contributed by atoms with van der Waals surface area (Å²) in [6.07, 6.45) is 1.99. The van der Waals surface area contributed by atoms with E-state index in [4.69, 9.17) is 4.74 Å². The minimum absolute atomic E-state index is 0.184. The molecule has 5 nitrogen and oxygen atoms in total. The Labute approximate surface area is 123 Å². The minimum Gasteiger partial charge on any atom is -0.468 e. The van der Waals surface area contributed by atoms with Crippen molar-refractivity contribution in [2.45, 2.75) is 45.2 Å². The first-order chi connectivity index (χ1) is 9.46. The second-order valence-electron chi connectivity index (χ2n) is 6.00. The predicted molar refractivity (Wildman–Crippen MR) is 81.9 cm³/mol. The number of rotatable bonds is 7. The number of carbonyl (C=O) groups is 1. The van der Waals surface area contributed by atoms with Crippen LogP contribution in [0.15, 0.2) is 0 Å². The van der Waals surface area contributed by atoms with Crippen LogP contribution in [0.4, 0.5) is 0 Å². The second-order valence-corrected chi connectivity index (χ2v) is 6.00. The molecule has 0 amide bonds. The highest BCUT2D eigenvalue weighted by Crippen LogP contribution is 2.19. The van der Waals surface area contributed by atoms with Gasteiger partial charge in [0.25, 0.3) is 0 Å². The lowest BCUT2D eigenvalue weighted by Crippen LogP contribution is -2.55. The van der Waals surface area contributed by atoms with E-state index in [0.29, 0.717) is 6.04 Å². The topological polar surface area (TPSA) is 44.8 Å². The van der Waals surface area contributed by atoms with Gasteiger partial charge in [0.05, 0.1) is 7.11 Å². The molecule has 118 valence electrons. The van der Waals surface area contributed by atoms with E-state index in [-0.39, 0.29) is 5.97 Å². The third-order valence-electron chi connectivity index (χ3n) is 4.46. The average molecular weight is 285 g/mol. The molecule has 0 bridgehead atoms. The van der Waals surface area contributed by atoms with E-state index in [0.717, 1.165) is 32.6 Å². The summed E-state index contributed by atoms with van der Waals surface area (Å²) in [4.78, 5) is 16.9. The maximum Gasteiger partial charge on any atom is 0.325 e. The van der Waals surface area contributed by atoms with Crippen LogP contribution in [0.5, 0.6) is 0 Å². The van der Waals surface area contributed by atoms with Crippen molar-refractivity contribution in [1.82, 2.24) is 15.1 Å². The summed E-state index contributed by atoms with van der Waals surface area (Å²) in [5.41, 5.74) is -0.602. The number of hydrogen-bond acceptors (Lipinski definition) is 5. The lowest BCUT2D eigenvalue weighted by molar-refractivity contribution is -0.148. The molecule has 0 aromatic heterocycles. The van der Waals surface area contributed by atoms with E-state index in [2.05, 4.69) is 29.0 Å². The Morgan fingerprint density at radius 1 is 1.35 bits per heavy atom. The number of ether oxygens (including phenoxy) is 1. The molecule has 2 unspecified atom stereocenters. The zero-order chi connectivity index (χ0) is 15.2. The van der Waals surface area contributed by atoms with Gasteiger partial charge in [-0.15, -0.1) is 0 Å². The Bertz CT molecular complexity index is 303. The Morgan fingerprint density at radius 2 is 1.95 bits per heavy atom. The van der Waals surface area contributed by atoms with Crippen molar-refractivity contribution in [2.24, 2.45) is 0 Å². The number of esters is 1. The van der Waals surface area contributed by atoms with Gasteiger partial charge in [0, 0.05) is 32.2 Å². The van der Waals surface area contributed by atoms with Crippen LogP contribution in [0.3, 0.4) is 0 Å². The van der Waals surface area contributed by atoms with Gasteiger partial charge in [-0.2, -0.15) is 0 Å². The zero-order valence-corrected chi connectivity index (χ0v) is 13.7. The Balaban J connectivity index is 2.50. The molecular formula is C15H31N3O2. The van der Waals surface area contributed by atoms with Gasteiger partial charge in [0.2, 0.25) is 0 Å². The molecule has 1 heterocycles. The van der Waals surface area contributed by atoms with E-state index >= 15 is 0 Å². The summed E-state index contributed by atoms with van der Waals surface area (Å²) in [5.74, 6) is -0.184. The number of likely N-dealkylation sites (N-methyl/N-ethyl adjacent to an activating group) is 1. The van der Waals surface area contributed by atoms with Crippen LogP contribution in [0.2, 0.25) is 0 Å². The van der Waals surface area contributed by atoms with Crippen molar-refractivity contribution >= 4 is 5.97 Å². The van der Waals surface area contributed by atoms with E-state index in [1.807, 2.05) is 14.0 Å². The van der Waals surface area contributed by atoms with Crippen molar-refractivity contribution < 1.29 is 9.53 Å². The van der Waals surface area contributed by atoms with Gasteiger partial charge < -0.3 is 15.0 Å². The molecule has 0 radical (unpaired) electrons. The average Bonchev–Trinajstić information content (AvgIpc) is 2.47. The van der Waals surface area contributed by atoms with E-state index in [9.17, 15) is 4.79 Å². The normalized spacial score (nSPS) is 22.2. The fourth-order valence-electron chi connectivity index (χ4n) is 2.98. The maximum atomic E-state index is 11.9. The van der Waals surface area contributed by atoms with Crippen LogP contribution in [0.25, 0.3) is 0 Å². The summed E-state index contributed by atoms with van der Waals surface area (Å²) in [6.45, 7) is 12.0. The highest BCUT2D eigenvalue weighted by Gasteiger charge is 2.36. The molecule has 5 heteroatoms. The van der Waals surface area contributed by atoms with Gasteiger partial charge in [0.15, 0.2) is 0 Å². The van der Waals surface area contributed by atoms with E-state index in [1.54, 1.807) is 0 Å². The largest absolute Gasteiger partial charge is 0.468 e. The molecule has 1 rings (SSSR count). The van der Waals surface area contributed by atoms with E-state index in [1.165, 1.54) is 20.1 Å². The zero-order valence-electron chi connectivity index (χ0n) is 13.7. The Hall–Kier alpha value is -0.650. The fourth-order valence-corrected chi connectivity index (χ4v) is 2.98. The van der Waals surface area contributed by atoms with Crippen molar-refractivity contribution in [3.05, 3.63) is 0 Å². The molecule has 2 atom stereocenters. The quantitative estimate of drug-likeness (QED) is 0.706. The van der Waals surface area contributed by atoms with Gasteiger partial charge in [-0.3, -0.25) is 9.69 Å². The molecule has 1 saturated heterocycles. The summed E-state index contributed by atoms with van der Waals surface area (Å²) in [7, 11) is 3.27. The number of methoxy groups -OCH3 is 1. The van der Waals surface area contributed by atoms with Crippen molar-refractivity contribution in [3.8, 4) is 0 Å². The number of carbonyl (C=O) groups excluding carboxylic acids is 1. The monoisotopic (exact) mass is 285 g/mol. The van der Waals surface area contributed by atoms with Gasteiger partial charge in [-0.05, 0) is 40.3 Å². The minimum atomic E-state index is -0.602. The molecular weight excluding hydrogens is 254 g/mol. The third-order valence-corrected chi connectivity index (χ3v) is 4.46. The molecule has 0 aromatic carbocycles. The summed E-state index contributed by atoms with van der Waals surface area (Å²) in [5, 5.41) is 3.12. The van der Waals surface area contributed by atoms with Gasteiger partial charge >= 0.3 is 5.97 Å². The molecule has 0 aromatic rings. The third kappa shape index (κ3) is 4.43. The molecule has 1 aliphatic rings. The van der Waals surface area contributed by atoms with Gasteiger partial charge in [0.1, 0.15) is 5.54 Å². The van der Waals surface area contributed by atoms with Crippen LogP contribution >= 0.6 is 0 Å². The lowest BCUT2D eigenvalue weighted by Gasteiger charge is -2.40. The number of hydrogen-bond donors (Lipinski definition) is 1.